The van der Waals surface area contributed by atoms with E-state index in [1.165, 1.54) is 0 Å². The molecule has 1 aliphatic rings. The van der Waals surface area contributed by atoms with Crippen LogP contribution in [0.3, 0.4) is 0 Å². The zero-order chi connectivity index (χ0) is 17.2. The third-order valence-corrected chi connectivity index (χ3v) is 3.98. The molecular formula is C15H24BrN5O2. The minimum atomic E-state index is -0.492. The van der Waals surface area contributed by atoms with Gasteiger partial charge in [0.15, 0.2) is 0 Å². The first-order valence-corrected chi connectivity index (χ1v) is 8.56. The summed E-state index contributed by atoms with van der Waals surface area (Å²) in [5.41, 5.74) is -0.492. The van der Waals surface area contributed by atoms with E-state index in [0.717, 1.165) is 0 Å². The predicted molar refractivity (Wildman–Crippen MR) is 91.3 cm³/mol. The monoisotopic (exact) mass is 385 g/mol. The first-order valence-electron chi connectivity index (χ1n) is 7.77. The highest BCUT2D eigenvalue weighted by atomic mass is 79.9. The van der Waals surface area contributed by atoms with E-state index in [1.807, 2.05) is 25.7 Å². The van der Waals surface area contributed by atoms with Crippen LogP contribution in [-0.4, -0.2) is 57.5 Å². The number of ether oxygens (including phenoxy) is 1. The summed E-state index contributed by atoms with van der Waals surface area (Å²) in [5, 5.41) is 8.09. The lowest BCUT2D eigenvalue weighted by atomic mass is 10.00. The molecular weight excluding hydrogens is 362 g/mol. The summed E-state index contributed by atoms with van der Waals surface area (Å²) < 4.78 is 6.14. The standard InChI is InChI=1S/C15H24BrN5O2/c1-10(2)11-9-20(13-17-8-12(16)18-19-13)6-7-21(11)14(22)23-15(3,4)5/h8,10-11H,6-7,9H2,1-5H3. The number of carbonyl (C=O) groups excluding carboxylic acids is 1. The quantitative estimate of drug-likeness (QED) is 0.779. The second-order valence-electron chi connectivity index (χ2n) is 7.01. The van der Waals surface area contributed by atoms with E-state index in [2.05, 4.69) is 49.9 Å². The lowest BCUT2D eigenvalue weighted by molar-refractivity contribution is 0.00872. The van der Waals surface area contributed by atoms with Crippen molar-refractivity contribution in [2.75, 3.05) is 24.5 Å². The van der Waals surface area contributed by atoms with Crippen molar-refractivity contribution in [1.82, 2.24) is 20.1 Å². The molecule has 0 radical (unpaired) electrons. The molecule has 0 saturated carbocycles. The Kier molecular flexibility index (Phi) is 5.44. The molecule has 1 aromatic rings. The van der Waals surface area contributed by atoms with Gasteiger partial charge in [-0.3, -0.25) is 0 Å². The molecule has 0 aliphatic carbocycles. The van der Waals surface area contributed by atoms with Crippen LogP contribution in [0.5, 0.6) is 0 Å². The second-order valence-corrected chi connectivity index (χ2v) is 7.82. The van der Waals surface area contributed by atoms with Gasteiger partial charge < -0.3 is 14.5 Å². The number of halogens is 1. The van der Waals surface area contributed by atoms with Crippen LogP contribution in [0, 0.1) is 5.92 Å². The highest BCUT2D eigenvalue weighted by Crippen LogP contribution is 2.22. The highest BCUT2D eigenvalue weighted by Gasteiger charge is 2.35. The molecule has 23 heavy (non-hydrogen) atoms. The van der Waals surface area contributed by atoms with Gasteiger partial charge in [-0.15, -0.1) is 10.2 Å². The normalized spacial score (nSPS) is 19.2. The zero-order valence-corrected chi connectivity index (χ0v) is 15.9. The van der Waals surface area contributed by atoms with Crippen molar-refractivity contribution in [3.63, 3.8) is 0 Å². The molecule has 0 bridgehead atoms. The number of amides is 1. The van der Waals surface area contributed by atoms with Crippen molar-refractivity contribution in [3.8, 4) is 0 Å². The molecule has 7 nitrogen and oxygen atoms in total. The molecule has 1 unspecified atom stereocenters. The summed E-state index contributed by atoms with van der Waals surface area (Å²) in [5.74, 6) is 0.886. The smallest absolute Gasteiger partial charge is 0.410 e. The number of hydrogen-bond donors (Lipinski definition) is 0. The van der Waals surface area contributed by atoms with Crippen LogP contribution < -0.4 is 4.90 Å². The van der Waals surface area contributed by atoms with Gasteiger partial charge in [0.2, 0.25) is 5.95 Å². The molecule has 8 heteroatoms. The third kappa shape index (κ3) is 4.76. The largest absolute Gasteiger partial charge is 0.444 e. The number of anilines is 1. The van der Waals surface area contributed by atoms with Gasteiger partial charge in [-0.05, 0) is 42.6 Å². The Bertz CT molecular complexity index is 544. The van der Waals surface area contributed by atoms with Crippen molar-refractivity contribution in [3.05, 3.63) is 10.8 Å². The molecule has 1 fully saturated rings. The second kappa shape index (κ2) is 6.98. The molecule has 1 amide bonds. The van der Waals surface area contributed by atoms with Crippen LogP contribution in [0.4, 0.5) is 10.7 Å². The van der Waals surface area contributed by atoms with Gasteiger partial charge in [-0.25, -0.2) is 9.78 Å². The minimum absolute atomic E-state index is 0.0471. The van der Waals surface area contributed by atoms with Crippen molar-refractivity contribution in [2.24, 2.45) is 5.92 Å². The summed E-state index contributed by atoms with van der Waals surface area (Å²) in [6.45, 7) is 11.8. The van der Waals surface area contributed by atoms with E-state index < -0.39 is 5.60 Å². The van der Waals surface area contributed by atoms with E-state index in [1.54, 1.807) is 6.20 Å². The number of rotatable bonds is 2. The van der Waals surface area contributed by atoms with E-state index >= 15 is 0 Å². The maximum absolute atomic E-state index is 12.5. The number of carbonyl (C=O) groups is 1. The SMILES string of the molecule is CC(C)C1CN(c2ncc(Br)nn2)CCN1C(=O)OC(C)(C)C. The van der Waals surface area contributed by atoms with Crippen molar-refractivity contribution < 1.29 is 9.53 Å². The molecule has 1 aromatic heterocycles. The third-order valence-electron chi connectivity index (χ3n) is 3.62. The molecule has 0 aromatic carbocycles. The van der Waals surface area contributed by atoms with Gasteiger partial charge in [0.25, 0.3) is 0 Å². The molecule has 2 heterocycles. The van der Waals surface area contributed by atoms with Crippen molar-refractivity contribution in [1.29, 1.82) is 0 Å². The molecule has 0 spiro atoms. The fourth-order valence-corrected chi connectivity index (χ4v) is 2.69. The van der Waals surface area contributed by atoms with Crippen LogP contribution in [0.25, 0.3) is 0 Å². The highest BCUT2D eigenvalue weighted by molar-refractivity contribution is 9.10. The number of nitrogens with zero attached hydrogens (tertiary/aromatic N) is 5. The van der Waals surface area contributed by atoms with Crippen molar-refractivity contribution >= 4 is 28.0 Å². The Balaban J connectivity index is 2.11. The summed E-state index contributed by atoms with van der Waals surface area (Å²) >= 11 is 3.24. The number of piperazine rings is 1. The van der Waals surface area contributed by atoms with Crippen molar-refractivity contribution in [2.45, 2.75) is 46.3 Å². The van der Waals surface area contributed by atoms with Gasteiger partial charge in [0, 0.05) is 19.6 Å². The van der Waals surface area contributed by atoms with E-state index in [-0.39, 0.29) is 12.1 Å². The van der Waals surface area contributed by atoms with Crippen LogP contribution in [0.2, 0.25) is 0 Å². The van der Waals surface area contributed by atoms with Crippen LogP contribution in [0.1, 0.15) is 34.6 Å². The topological polar surface area (TPSA) is 71.5 Å². The summed E-state index contributed by atoms with van der Waals surface area (Å²) in [6, 6.07) is 0.0471. The fourth-order valence-electron chi connectivity index (χ4n) is 2.51. The zero-order valence-electron chi connectivity index (χ0n) is 14.3. The number of hydrogen-bond acceptors (Lipinski definition) is 6. The average Bonchev–Trinajstić information content (AvgIpc) is 2.45. The van der Waals surface area contributed by atoms with Gasteiger partial charge in [-0.2, -0.15) is 0 Å². The molecule has 0 N–H and O–H groups in total. The molecule has 2 rings (SSSR count). The van der Waals surface area contributed by atoms with Gasteiger partial charge in [0.05, 0.1) is 12.2 Å². The maximum Gasteiger partial charge on any atom is 0.410 e. The molecule has 1 saturated heterocycles. The lowest BCUT2D eigenvalue weighted by Gasteiger charge is -2.43. The molecule has 1 aliphatic heterocycles. The van der Waals surface area contributed by atoms with E-state index in [0.29, 0.717) is 36.1 Å². The lowest BCUT2D eigenvalue weighted by Crippen LogP contribution is -2.58. The summed E-state index contributed by atoms with van der Waals surface area (Å²) in [7, 11) is 0. The minimum Gasteiger partial charge on any atom is -0.444 e. The van der Waals surface area contributed by atoms with Crippen LogP contribution >= 0.6 is 15.9 Å². The van der Waals surface area contributed by atoms with Gasteiger partial charge in [-0.1, -0.05) is 13.8 Å². The Morgan fingerprint density at radius 3 is 2.57 bits per heavy atom. The Morgan fingerprint density at radius 1 is 1.35 bits per heavy atom. The van der Waals surface area contributed by atoms with Crippen LogP contribution in [-0.2, 0) is 4.74 Å². The first kappa shape index (κ1) is 17.9. The summed E-state index contributed by atoms with van der Waals surface area (Å²) in [4.78, 5) is 20.6. The van der Waals surface area contributed by atoms with Crippen LogP contribution in [0.15, 0.2) is 10.8 Å². The molecule has 128 valence electrons. The van der Waals surface area contributed by atoms with Gasteiger partial charge >= 0.3 is 6.09 Å². The Morgan fingerprint density at radius 2 is 2.04 bits per heavy atom. The fraction of sp³-hybridized carbons (Fsp3) is 0.733. The Labute approximate surface area is 145 Å². The van der Waals surface area contributed by atoms with E-state index in [9.17, 15) is 4.79 Å². The van der Waals surface area contributed by atoms with E-state index in [4.69, 9.17) is 4.74 Å². The molecule has 1 atom stereocenters. The van der Waals surface area contributed by atoms with Gasteiger partial charge in [0.1, 0.15) is 10.2 Å². The predicted octanol–water partition coefficient (Wildman–Crippen LogP) is 2.72. The summed E-state index contributed by atoms with van der Waals surface area (Å²) in [6.07, 6.45) is 1.37. The number of aromatic nitrogens is 3. The average molecular weight is 386 g/mol. The maximum atomic E-state index is 12.5. The first-order chi connectivity index (χ1) is 10.7. The Hall–Kier alpha value is -1.44.